The van der Waals surface area contributed by atoms with Gasteiger partial charge in [-0.1, -0.05) is 35.4 Å². The Balaban J connectivity index is 1.44. The van der Waals surface area contributed by atoms with E-state index in [1.165, 1.54) is 11.1 Å². The Kier molecular flexibility index (Phi) is 4.21. The first-order valence-electron chi connectivity index (χ1n) is 11.0. The highest BCUT2D eigenvalue weighted by Gasteiger charge is 2.55. The van der Waals surface area contributed by atoms with Crippen molar-refractivity contribution in [3.8, 4) is 17.4 Å². The number of ether oxygens (including phenoxy) is 1. The van der Waals surface area contributed by atoms with E-state index in [0.29, 0.717) is 36.6 Å². The molecule has 0 N–H and O–H groups in total. The maximum atomic E-state index is 12.6. The molecule has 1 aliphatic heterocycles. The standard InChI is InChI=1S/C24H25N5O2/c1-28-13-12-24-15-17(30)10-11-20(24)21(28)14-18-19(24)8-5-9-22(18)31-23-25-26-27-29(23)16-6-3-2-4-7-16/h2-9,20-21H,10-15H2,1H3/t20-,21+,24+/m0/s1. The molecule has 3 atom stereocenters. The van der Waals surface area contributed by atoms with Gasteiger partial charge in [0, 0.05) is 29.9 Å². The van der Waals surface area contributed by atoms with Crippen molar-refractivity contribution in [2.24, 2.45) is 5.92 Å². The molecule has 1 saturated heterocycles. The Labute approximate surface area is 181 Å². The van der Waals surface area contributed by atoms with Crippen molar-refractivity contribution >= 4 is 5.78 Å². The van der Waals surface area contributed by atoms with Crippen LogP contribution in [0, 0.1) is 5.92 Å². The van der Waals surface area contributed by atoms with Gasteiger partial charge in [0.15, 0.2) is 0 Å². The number of Topliss-reactive ketones (excluding diaryl/α,β-unsaturated/α-hetero) is 1. The zero-order valence-electron chi connectivity index (χ0n) is 17.6. The fraction of sp³-hybridized carbons (Fsp3) is 0.417. The second-order valence-corrected chi connectivity index (χ2v) is 9.11. The predicted molar refractivity (Wildman–Crippen MR) is 114 cm³/mol. The smallest absolute Gasteiger partial charge is 0.345 e. The number of nitrogens with zero attached hydrogens (tertiary/aromatic N) is 5. The van der Waals surface area contributed by atoms with Crippen LogP contribution < -0.4 is 4.74 Å². The number of hydrogen-bond donors (Lipinski definition) is 0. The number of rotatable bonds is 3. The van der Waals surface area contributed by atoms with Gasteiger partial charge < -0.3 is 9.64 Å². The topological polar surface area (TPSA) is 73.1 Å². The Morgan fingerprint density at radius 3 is 2.87 bits per heavy atom. The first kappa shape index (κ1) is 18.7. The van der Waals surface area contributed by atoms with Gasteiger partial charge in [0.2, 0.25) is 0 Å². The van der Waals surface area contributed by atoms with Crippen molar-refractivity contribution in [3.63, 3.8) is 0 Å². The summed E-state index contributed by atoms with van der Waals surface area (Å²) in [6.45, 7) is 1.03. The summed E-state index contributed by atoms with van der Waals surface area (Å²) in [6.07, 6.45) is 4.31. The molecule has 1 saturated carbocycles. The van der Waals surface area contributed by atoms with E-state index in [2.05, 4.69) is 33.5 Å². The molecule has 2 bridgehead atoms. The fourth-order valence-electron chi connectivity index (χ4n) is 6.19. The lowest BCUT2D eigenvalue weighted by molar-refractivity contribution is -0.126. The van der Waals surface area contributed by atoms with Crippen LogP contribution in [0.4, 0.5) is 0 Å². The third-order valence-corrected chi connectivity index (χ3v) is 7.62. The molecule has 2 aliphatic carbocycles. The lowest BCUT2D eigenvalue weighted by Gasteiger charge is -2.58. The number of ketones is 1. The van der Waals surface area contributed by atoms with Crippen molar-refractivity contribution in [2.75, 3.05) is 13.6 Å². The molecule has 1 aromatic heterocycles. The Morgan fingerprint density at radius 2 is 2.00 bits per heavy atom. The summed E-state index contributed by atoms with van der Waals surface area (Å²) in [7, 11) is 2.22. The molecular weight excluding hydrogens is 390 g/mol. The number of likely N-dealkylation sites (N-methyl/N-ethyl adjacent to an activating group) is 1. The maximum absolute atomic E-state index is 12.6. The third-order valence-electron chi connectivity index (χ3n) is 7.62. The van der Waals surface area contributed by atoms with Gasteiger partial charge in [0.1, 0.15) is 11.5 Å². The number of aromatic nitrogens is 4. The molecule has 31 heavy (non-hydrogen) atoms. The summed E-state index contributed by atoms with van der Waals surface area (Å²) >= 11 is 0. The first-order valence-corrected chi connectivity index (χ1v) is 11.0. The number of para-hydroxylation sites is 1. The normalized spacial score (nSPS) is 27.5. The van der Waals surface area contributed by atoms with Crippen LogP contribution in [0.15, 0.2) is 48.5 Å². The lowest BCUT2D eigenvalue weighted by atomic mass is 9.52. The number of tetrazole rings is 1. The average molecular weight is 415 g/mol. The number of piperidine rings is 1. The van der Waals surface area contributed by atoms with Crippen LogP contribution >= 0.6 is 0 Å². The number of benzene rings is 2. The van der Waals surface area contributed by atoms with Crippen LogP contribution in [-0.2, 0) is 16.6 Å². The molecule has 0 amide bonds. The van der Waals surface area contributed by atoms with E-state index >= 15 is 0 Å². The number of carbonyl (C=O) groups excluding carboxylic acids is 1. The van der Waals surface area contributed by atoms with Gasteiger partial charge in [0.25, 0.3) is 0 Å². The molecule has 7 nitrogen and oxygen atoms in total. The van der Waals surface area contributed by atoms with Gasteiger partial charge in [-0.25, -0.2) is 0 Å². The number of likely N-dealkylation sites (tertiary alicyclic amines) is 1. The van der Waals surface area contributed by atoms with Gasteiger partial charge in [0.05, 0.1) is 5.69 Å². The summed E-state index contributed by atoms with van der Waals surface area (Å²) in [5.74, 6) is 1.72. The van der Waals surface area contributed by atoms with E-state index in [0.717, 1.165) is 37.2 Å². The summed E-state index contributed by atoms with van der Waals surface area (Å²) < 4.78 is 7.94. The zero-order chi connectivity index (χ0) is 21.0. The molecule has 2 heterocycles. The molecule has 6 rings (SSSR count). The summed E-state index contributed by atoms with van der Waals surface area (Å²) in [4.78, 5) is 15.1. The SMILES string of the molecule is CN1CC[C@]23CC(=O)CC[C@H]2[C@H]1Cc1c(Oc2nnnn2-c2ccccc2)cccc13. The molecule has 7 heteroatoms. The third kappa shape index (κ3) is 2.83. The summed E-state index contributed by atoms with van der Waals surface area (Å²) in [5.41, 5.74) is 3.28. The van der Waals surface area contributed by atoms with Crippen LogP contribution in [0.1, 0.15) is 36.8 Å². The fourth-order valence-corrected chi connectivity index (χ4v) is 6.19. The maximum Gasteiger partial charge on any atom is 0.345 e. The minimum absolute atomic E-state index is 0.0647. The number of hydrogen-bond acceptors (Lipinski definition) is 6. The van der Waals surface area contributed by atoms with E-state index < -0.39 is 0 Å². The first-order chi connectivity index (χ1) is 15.2. The highest BCUT2D eigenvalue weighted by Crippen LogP contribution is 2.56. The van der Waals surface area contributed by atoms with Crippen LogP contribution in [0.2, 0.25) is 0 Å². The molecule has 158 valence electrons. The highest BCUT2D eigenvalue weighted by molar-refractivity contribution is 5.81. The van der Waals surface area contributed by atoms with Crippen LogP contribution in [0.3, 0.4) is 0 Å². The molecule has 0 radical (unpaired) electrons. The highest BCUT2D eigenvalue weighted by atomic mass is 16.5. The van der Waals surface area contributed by atoms with Gasteiger partial charge in [-0.15, -0.1) is 0 Å². The largest absolute Gasteiger partial charge is 0.423 e. The second-order valence-electron chi connectivity index (χ2n) is 9.11. The molecule has 3 aliphatic rings. The predicted octanol–water partition coefficient (Wildman–Crippen LogP) is 3.32. The average Bonchev–Trinajstić information content (AvgIpc) is 3.25. The number of fused-ring (bicyclic) bond motifs is 1. The molecule has 3 aromatic rings. The van der Waals surface area contributed by atoms with Crippen LogP contribution in [-0.4, -0.2) is 50.5 Å². The van der Waals surface area contributed by atoms with E-state index in [1.807, 2.05) is 42.5 Å². The van der Waals surface area contributed by atoms with Crippen molar-refractivity contribution in [3.05, 3.63) is 59.7 Å². The second kappa shape index (κ2) is 6.99. The zero-order valence-corrected chi connectivity index (χ0v) is 17.6. The van der Waals surface area contributed by atoms with Crippen LogP contribution in [0.5, 0.6) is 11.8 Å². The quantitative estimate of drug-likeness (QED) is 0.653. The Hall–Kier alpha value is -3.06. The minimum Gasteiger partial charge on any atom is -0.423 e. The monoisotopic (exact) mass is 415 g/mol. The summed E-state index contributed by atoms with van der Waals surface area (Å²) in [6, 6.07) is 16.8. The summed E-state index contributed by atoms with van der Waals surface area (Å²) in [5, 5.41) is 12.1. The van der Waals surface area contributed by atoms with Crippen molar-refractivity contribution < 1.29 is 9.53 Å². The lowest BCUT2D eigenvalue weighted by Crippen LogP contribution is -2.60. The van der Waals surface area contributed by atoms with E-state index in [9.17, 15) is 4.79 Å². The van der Waals surface area contributed by atoms with E-state index in [4.69, 9.17) is 4.74 Å². The van der Waals surface area contributed by atoms with E-state index in [1.54, 1.807) is 4.68 Å². The van der Waals surface area contributed by atoms with E-state index in [-0.39, 0.29) is 5.41 Å². The van der Waals surface area contributed by atoms with Crippen molar-refractivity contribution in [1.29, 1.82) is 0 Å². The Bertz CT molecular complexity index is 1140. The minimum atomic E-state index is -0.0647. The van der Waals surface area contributed by atoms with Gasteiger partial charge in [-0.05, 0) is 73.0 Å². The van der Waals surface area contributed by atoms with Crippen molar-refractivity contribution in [2.45, 2.75) is 43.6 Å². The van der Waals surface area contributed by atoms with Gasteiger partial charge >= 0.3 is 6.01 Å². The molecule has 0 unspecified atom stereocenters. The molecule has 0 spiro atoms. The van der Waals surface area contributed by atoms with Crippen molar-refractivity contribution in [1.82, 2.24) is 25.1 Å². The molecular formula is C24H25N5O2. The molecule has 2 fully saturated rings. The molecule has 2 aromatic carbocycles. The Morgan fingerprint density at radius 1 is 1.13 bits per heavy atom. The van der Waals surface area contributed by atoms with Gasteiger partial charge in [-0.2, -0.15) is 4.68 Å². The van der Waals surface area contributed by atoms with Crippen LogP contribution in [0.25, 0.3) is 5.69 Å². The van der Waals surface area contributed by atoms with Gasteiger partial charge in [-0.3, -0.25) is 4.79 Å². The number of carbonyl (C=O) groups is 1.